The first-order valence-corrected chi connectivity index (χ1v) is 10.5. The molecule has 0 bridgehead atoms. The van der Waals surface area contributed by atoms with Crippen LogP contribution in [0.15, 0.2) is 37.5 Å². The number of hydrogen-bond donors (Lipinski definition) is 0. The Labute approximate surface area is 166 Å². The number of halogens is 1. The molecule has 134 valence electrons. The summed E-state index contributed by atoms with van der Waals surface area (Å²) in [6.45, 7) is 1.56. The van der Waals surface area contributed by atoms with E-state index in [1.165, 1.54) is 23.1 Å². The molecule has 0 aliphatic heterocycles. The summed E-state index contributed by atoms with van der Waals surface area (Å²) in [7, 11) is 0. The standard InChI is InChI=1S/C16H14BrN5O2S2/c1-9(23)22(12-6-7-12)15-20-21-16(26-15)25-8-13-18-19-14(24-13)10-2-4-11(17)5-3-10/h2-5,12H,6-8H2,1H3. The second-order valence-corrected chi connectivity index (χ2v) is 8.86. The van der Waals surface area contributed by atoms with Crippen molar-refractivity contribution in [3.63, 3.8) is 0 Å². The monoisotopic (exact) mass is 451 g/mol. The molecule has 3 aromatic rings. The van der Waals surface area contributed by atoms with Gasteiger partial charge in [-0.15, -0.1) is 20.4 Å². The third-order valence-corrected chi connectivity index (χ3v) is 6.30. The minimum absolute atomic E-state index is 0.0104. The van der Waals surface area contributed by atoms with E-state index < -0.39 is 0 Å². The van der Waals surface area contributed by atoms with E-state index in [0.717, 1.165) is 27.2 Å². The normalized spacial score (nSPS) is 13.8. The fourth-order valence-corrected chi connectivity index (χ4v) is 4.44. The number of aromatic nitrogens is 4. The van der Waals surface area contributed by atoms with Gasteiger partial charge in [-0.3, -0.25) is 9.69 Å². The van der Waals surface area contributed by atoms with Crippen molar-refractivity contribution in [3.8, 4) is 11.5 Å². The van der Waals surface area contributed by atoms with Crippen molar-refractivity contribution < 1.29 is 9.21 Å². The number of amides is 1. The zero-order chi connectivity index (χ0) is 18.1. The maximum Gasteiger partial charge on any atom is 0.247 e. The lowest BCUT2D eigenvalue weighted by atomic mass is 10.2. The van der Waals surface area contributed by atoms with Crippen molar-refractivity contribution >= 4 is 50.1 Å². The molecule has 1 aliphatic carbocycles. The second kappa shape index (κ2) is 7.45. The van der Waals surface area contributed by atoms with Crippen LogP contribution in [-0.4, -0.2) is 32.3 Å². The van der Waals surface area contributed by atoms with E-state index >= 15 is 0 Å². The second-order valence-electron chi connectivity index (χ2n) is 5.77. The van der Waals surface area contributed by atoms with E-state index in [1.54, 1.807) is 11.8 Å². The summed E-state index contributed by atoms with van der Waals surface area (Å²) in [4.78, 5) is 13.5. The van der Waals surface area contributed by atoms with Crippen LogP contribution >= 0.6 is 39.0 Å². The van der Waals surface area contributed by atoms with Gasteiger partial charge in [0.2, 0.25) is 22.8 Å². The molecule has 0 spiro atoms. The maximum absolute atomic E-state index is 11.8. The number of hydrogen-bond acceptors (Lipinski definition) is 8. The van der Waals surface area contributed by atoms with E-state index in [1.807, 2.05) is 24.3 Å². The number of benzene rings is 1. The lowest BCUT2D eigenvalue weighted by Crippen LogP contribution is -2.30. The molecule has 10 heteroatoms. The van der Waals surface area contributed by atoms with E-state index in [-0.39, 0.29) is 11.9 Å². The summed E-state index contributed by atoms with van der Waals surface area (Å²) in [6.07, 6.45) is 2.06. The fraction of sp³-hybridized carbons (Fsp3) is 0.312. The largest absolute Gasteiger partial charge is 0.420 e. The number of carbonyl (C=O) groups excluding carboxylic acids is 1. The van der Waals surface area contributed by atoms with Crippen LogP contribution in [-0.2, 0) is 10.5 Å². The van der Waals surface area contributed by atoms with Crippen molar-refractivity contribution in [2.24, 2.45) is 0 Å². The molecule has 1 fully saturated rings. The predicted octanol–water partition coefficient (Wildman–Crippen LogP) is 4.16. The van der Waals surface area contributed by atoms with E-state index in [0.29, 0.717) is 22.7 Å². The zero-order valence-electron chi connectivity index (χ0n) is 13.8. The molecule has 4 rings (SSSR count). The Hall–Kier alpha value is -1.78. The highest BCUT2D eigenvalue weighted by atomic mass is 79.9. The Kier molecular flexibility index (Phi) is 5.05. The molecule has 26 heavy (non-hydrogen) atoms. The Morgan fingerprint density at radius 3 is 2.73 bits per heavy atom. The number of anilines is 1. The summed E-state index contributed by atoms with van der Waals surface area (Å²) in [5.41, 5.74) is 0.872. The van der Waals surface area contributed by atoms with E-state index in [2.05, 4.69) is 36.3 Å². The van der Waals surface area contributed by atoms with Gasteiger partial charge in [0.15, 0.2) is 4.34 Å². The lowest BCUT2D eigenvalue weighted by molar-refractivity contribution is -0.116. The average molecular weight is 452 g/mol. The van der Waals surface area contributed by atoms with Gasteiger partial charge in [-0.25, -0.2) is 0 Å². The molecule has 1 saturated carbocycles. The van der Waals surface area contributed by atoms with Crippen LogP contribution in [0.2, 0.25) is 0 Å². The molecule has 1 aliphatic rings. The third kappa shape index (κ3) is 3.97. The Morgan fingerprint density at radius 1 is 1.27 bits per heavy atom. The highest BCUT2D eigenvalue weighted by Crippen LogP contribution is 2.36. The van der Waals surface area contributed by atoms with Crippen LogP contribution < -0.4 is 4.90 Å². The summed E-state index contributed by atoms with van der Waals surface area (Å²) < 4.78 is 7.47. The zero-order valence-corrected chi connectivity index (χ0v) is 17.0. The van der Waals surface area contributed by atoms with Gasteiger partial charge in [0.05, 0.1) is 5.75 Å². The Balaban J connectivity index is 1.40. The first-order chi connectivity index (χ1) is 12.6. The molecule has 0 radical (unpaired) electrons. The summed E-state index contributed by atoms with van der Waals surface area (Å²) in [6, 6.07) is 7.97. The smallest absolute Gasteiger partial charge is 0.247 e. The predicted molar refractivity (Wildman–Crippen MR) is 103 cm³/mol. The van der Waals surface area contributed by atoms with Crippen LogP contribution in [0.4, 0.5) is 5.13 Å². The summed E-state index contributed by atoms with van der Waals surface area (Å²) in [5.74, 6) is 1.52. The third-order valence-electron chi connectivity index (χ3n) is 3.73. The van der Waals surface area contributed by atoms with Gasteiger partial charge >= 0.3 is 0 Å². The molecular weight excluding hydrogens is 438 g/mol. The van der Waals surface area contributed by atoms with Crippen molar-refractivity contribution in [1.82, 2.24) is 20.4 Å². The van der Waals surface area contributed by atoms with Crippen LogP contribution in [0.25, 0.3) is 11.5 Å². The van der Waals surface area contributed by atoms with Crippen molar-refractivity contribution in [2.75, 3.05) is 4.90 Å². The van der Waals surface area contributed by atoms with E-state index in [9.17, 15) is 4.79 Å². The first-order valence-electron chi connectivity index (χ1n) is 7.94. The van der Waals surface area contributed by atoms with Crippen LogP contribution in [0.1, 0.15) is 25.7 Å². The van der Waals surface area contributed by atoms with Gasteiger partial charge in [-0.2, -0.15) is 0 Å². The lowest BCUT2D eigenvalue weighted by Gasteiger charge is -2.15. The molecule has 0 atom stereocenters. The molecule has 1 aromatic carbocycles. The Bertz CT molecular complexity index is 923. The molecule has 2 heterocycles. The maximum atomic E-state index is 11.8. The first kappa shape index (κ1) is 17.6. The highest BCUT2D eigenvalue weighted by molar-refractivity contribution is 9.10. The van der Waals surface area contributed by atoms with Crippen molar-refractivity contribution in [2.45, 2.75) is 35.9 Å². The molecule has 0 N–H and O–H groups in total. The number of carbonyl (C=O) groups is 1. The Morgan fingerprint density at radius 2 is 2.04 bits per heavy atom. The van der Waals surface area contributed by atoms with Gasteiger partial charge in [-0.1, -0.05) is 39.0 Å². The molecule has 0 saturated heterocycles. The van der Waals surface area contributed by atoms with Crippen LogP contribution in [0, 0.1) is 0 Å². The van der Waals surface area contributed by atoms with Crippen molar-refractivity contribution in [3.05, 3.63) is 34.6 Å². The van der Waals surface area contributed by atoms with Gasteiger partial charge in [0, 0.05) is 23.0 Å². The van der Waals surface area contributed by atoms with Gasteiger partial charge in [-0.05, 0) is 37.1 Å². The van der Waals surface area contributed by atoms with Gasteiger partial charge < -0.3 is 4.42 Å². The average Bonchev–Trinajstić information content (AvgIpc) is 3.15. The topological polar surface area (TPSA) is 85.0 Å². The number of nitrogens with zero attached hydrogens (tertiary/aromatic N) is 5. The van der Waals surface area contributed by atoms with Gasteiger partial charge in [0.25, 0.3) is 0 Å². The molecular formula is C16H14BrN5O2S2. The number of rotatable bonds is 6. The fourth-order valence-electron chi connectivity index (χ4n) is 2.38. The van der Waals surface area contributed by atoms with Crippen molar-refractivity contribution in [1.29, 1.82) is 0 Å². The number of thioether (sulfide) groups is 1. The molecule has 1 amide bonds. The van der Waals surface area contributed by atoms with Crippen LogP contribution in [0.3, 0.4) is 0 Å². The highest BCUT2D eigenvalue weighted by Gasteiger charge is 2.34. The summed E-state index contributed by atoms with van der Waals surface area (Å²) >= 11 is 6.28. The van der Waals surface area contributed by atoms with E-state index in [4.69, 9.17) is 4.42 Å². The molecule has 0 unspecified atom stereocenters. The van der Waals surface area contributed by atoms with Crippen LogP contribution in [0.5, 0.6) is 0 Å². The minimum Gasteiger partial charge on any atom is -0.420 e. The van der Waals surface area contributed by atoms with Gasteiger partial charge in [0.1, 0.15) is 0 Å². The minimum atomic E-state index is 0.0104. The quantitative estimate of drug-likeness (QED) is 0.410. The SMILES string of the molecule is CC(=O)N(c1nnc(SCc2nnc(-c3ccc(Br)cc3)o2)s1)C1CC1. The molecule has 7 nitrogen and oxygen atoms in total. The molecule has 2 aromatic heterocycles. The summed E-state index contributed by atoms with van der Waals surface area (Å²) in [5, 5.41) is 17.1.